The molecule has 4 nitrogen and oxygen atoms in total. The van der Waals surface area contributed by atoms with E-state index in [0.717, 1.165) is 6.42 Å². The highest BCUT2D eigenvalue weighted by molar-refractivity contribution is 5.78. The van der Waals surface area contributed by atoms with Gasteiger partial charge in [-0.05, 0) is 32.7 Å². The van der Waals surface area contributed by atoms with Gasteiger partial charge in [-0.25, -0.2) is 0 Å². The average Bonchev–Trinajstić information content (AvgIpc) is 2.29. The van der Waals surface area contributed by atoms with Crippen LogP contribution in [0.3, 0.4) is 0 Å². The molecule has 0 spiro atoms. The number of halogens is 3. The Labute approximate surface area is 111 Å². The molecule has 0 aliphatic rings. The third-order valence-electron chi connectivity index (χ3n) is 2.73. The molecule has 0 saturated heterocycles. The average molecular weight is 285 g/mol. The summed E-state index contributed by atoms with van der Waals surface area (Å²) in [6.07, 6.45) is -3.66. The third kappa shape index (κ3) is 8.83. The Bertz CT molecular complexity index is 271. The third-order valence-corrected chi connectivity index (χ3v) is 2.73. The Hall–Kier alpha value is -0.820. The number of rotatable bonds is 10. The number of nitrogens with one attached hydrogen (secondary N) is 1. The van der Waals surface area contributed by atoms with Gasteiger partial charge in [0.1, 0.15) is 5.54 Å². The normalized spacial score (nSPS) is 15.2. The maximum Gasteiger partial charge on any atom is 0.391 e. The second-order valence-electron chi connectivity index (χ2n) is 4.65. The first kappa shape index (κ1) is 18.2. The molecule has 114 valence electrons. The number of ether oxygens (including phenoxy) is 1. The minimum Gasteiger partial charge on any atom is -0.480 e. The van der Waals surface area contributed by atoms with Crippen LogP contribution in [0.25, 0.3) is 0 Å². The van der Waals surface area contributed by atoms with Crippen molar-refractivity contribution in [1.29, 1.82) is 0 Å². The molecule has 0 rings (SSSR count). The summed E-state index contributed by atoms with van der Waals surface area (Å²) in [6, 6.07) is 0. The molecule has 2 N–H and O–H groups in total. The highest BCUT2D eigenvalue weighted by Crippen LogP contribution is 2.19. The van der Waals surface area contributed by atoms with Gasteiger partial charge in [0, 0.05) is 6.61 Å². The molecule has 0 saturated carbocycles. The molecular formula is C12H22F3NO3. The molecule has 0 aromatic rings. The van der Waals surface area contributed by atoms with Crippen LogP contribution >= 0.6 is 0 Å². The topological polar surface area (TPSA) is 58.6 Å². The summed E-state index contributed by atoms with van der Waals surface area (Å²) in [6.45, 7) is 3.83. The maximum atomic E-state index is 11.8. The van der Waals surface area contributed by atoms with E-state index in [1.54, 1.807) is 6.92 Å². The summed E-state index contributed by atoms with van der Waals surface area (Å²) >= 11 is 0. The number of hydrogen-bond acceptors (Lipinski definition) is 3. The van der Waals surface area contributed by atoms with Gasteiger partial charge < -0.3 is 15.2 Å². The van der Waals surface area contributed by atoms with E-state index < -0.39 is 24.1 Å². The Morgan fingerprint density at radius 2 is 1.89 bits per heavy atom. The zero-order valence-corrected chi connectivity index (χ0v) is 11.3. The molecule has 0 radical (unpaired) electrons. The summed E-state index contributed by atoms with van der Waals surface area (Å²) in [5.41, 5.74) is -1.05. The van der Waals surface area contributed by atoms with Gasteiger partial charge in [-0.3, -0.25) is 4.79 Å². The fourth-order valence-corrected chi connectivity index (χ4v) is 1.49. The lowest BCUT2D eigenvalue weighted by Gasteiger charge is -2.26. The van der Waals surface area contributed by atoms with Crippen LogP contribution < -0.4 is 5.32 Å². The first-order chi connectivity index (χ1) is 8.71. The number of aliphatic carboxylic acids is 1. The number of alkyl halides is 3. The molecular weight excluding hydrogens is 263 g/mol. The van der Waals surface area contributed by atoms with E-state index in [-0.39, 0.29) is 13.2 Å². The summed E-state index contributed by atoms with van der Waals surface area (Å²) in [5.74, 6) is -0.962. The molecule has 7 heteroatoms. The molecule has 0 aromatic carbocycles. The largest absolute Gasteiger partial charge is 0.480 e. The first-order valence-corrected chi connectivity index (χ1v) is 6.34. The van der Waals surface area contributed by atoms with Crippen molar-refractivity contribution in [2.45, 2.75) is 51.2 Å². The monoisotopic (exact) mass is 285 g/mol. The first-order valence-electron chi connectivity index (χ1n) is 6.34. The van der Waals surface area contributed by atoms with Crippen LogP contribution in [0.15, 0.2) is 0 Å². The van der Waals surface area contributed by atoms with E-state index in [0.29, 0.717) is 19.4 Å². The summed E-state index contributed by atoms with van der Waals surface area (Å²) in [4.78, 5) is 11.1. The zero-order chi connectivity index (χ0) is 14.9. The lowest BCUT2D eigenvalue weighted by Crippen LogP contribution is -2.49. The Morgan fingerprint density at radius 3 is 2.37 bits per heavy atom. The van der Waals surface area contributed by atoms with Crippen LogP contribution in [-0.2, 0) is 9.53 Å². The van der Waals surface area contributed by atoms with Gasteiger partial charge in [0.2, 0.25) is 0 Å². The number of carboxylic acid groups (broad SMARTS) is 1. The molecule has 0 heterocycles. The highest BCUT2D eigenvalue weighted by atomic mass is 19.4. The Kier molecular flexibility index (Phi) is 8.01. The fourth-order valence-electron chi connectivity index (χ4n) is 1.49. The van der Waals surface area contributed by atoms with E-state index in [1.807, 2.05) is 6.92 Å². The zero-order valence-electron chi connectivity index (χ0n) is 11.3. The van der Waals surface area contributed by atoms with Crippen LogP contribution in [0.5, 0.6) is 0 Å². The molecule has 1 atom stereocenters. The minimum absolute atomic E-state index is 0.132. The predicted octanol–water partition coefficient (Wildman–Crippen LogP) is 2.58. The van der Waals surface area contributed by atoms with E-state index in [4.69, 9.17) is 9.84 Å². The van der Waals surface area contributed by atoms with Gasteiger partial charge in [0.15, 0.2) is 0 Å². The molecule has 0 fully saturated rings. The van der Waals surface area contributed by atoms with Crippen LogP contribution in [0.1, 0.15) is 39.5 Å². The van der Waals surface area contributed by atoms with Crippen molar-refractivity contribution in [3.05, 3.63) is 0 Å². The molecule has 0 aliphatic heterocycles. The van der Waals surface area contributed by atoms with E-state index in [2.05, 4.69) is 5.32 Å². The van der Waals surface area contributed by atoms with Crippen molar-refractivity contribution in [2.24, 2.45) is 0 Å². The summed E-state index contributed by atoms with van der Waals surface area (Å²) < 4.78 is 40.3. The number of hydrogen-bond donors (Lipinski definition) is 2. The molecule has 0 bridgehead atoms. The molecule has 0 aliphatic carbocycles. The van der Waals surface area contributed by atoms with Crippen LogP contribution in [-0.4, -0.2) is 42.5 Å². The van der Waals surface area contributed by atoms with Gasteiger partial charge in [0.25, 0.3) is 0 Å². The molecule has 0 aromatic heterocycles. The quantitative estimate of drug-likeness (QED) is 0.606. The van der Waals surface area contributed by atoms with E-state index in [9.17, 15) is 18.0 Å². The molecule has 0 amide bonds. The van der Waals surface area contributed by atoms with Gasteiger partial charge in [-0.15, -0.1) is 0 Å². The second kappa shape index (κ2) is 8.37. The van der Waals surface area contributed by atoms with Crippen molar-refractivity contribution >= 4 is 5.97 Å². The lowest BCUT2D eigenvalue weighted by atomic mass is 9.96. The highest BCUT2D eigenvalue weighted by Gasteiger charge is 2.31. The SMILES string of the molecule is CCCNC(C)(CCCOCCC(F)(F)F)C(=O)O. The summed E-state index contributed by atoms with van der Waals surface area (Å²) in [7, 11) is 0. The van der Waals surface area contributed by atoms with Gasteiger partial charge in [0.05, 0.1) is 13.0 Å². The molecule has 19 heavy (non-hydrogen) atoms. The van der Waals surface area contributed by atoms with Crippen molar-refractivity contribution in [3.8, 4) is 0 Å². The fraction of sp³-hybridized carbons (Fsp3) is 0.917. The maximum absolute atomic E-state index is 11.8. The number of carbonyl (C=O) groups is 1. The minimum atomic E-state index is -4.21. The Morgan fingerprint density at radius 1 is 1.26 bits per heavy atom. The standard InChI is InChI=1S/C12H22F3NO3/c1-3-7-16-11(2,10(17)18)5-4-8-19-9-6-12(13,14)15/h16H,3-9H2,1-2H3,(H,17,18). The lowest BCUT2D eigenvalue weighted by molar-refractivity contribution is -0.145. The van der Waals surface area contributed by atoms with Gasteiger partial charge in [-0.2, -0.15) is 13.2 Å². The van der Waals surface area contributed by atoms with Gasteiger partial charge in [-0.1, -0.05) is 6.92 Å². The van der Waals surface area contributed by atoms with Crippen molar-refractivity contribution < 1.29 is 27.8 Å². The van der Waals surface area contributed by atoms with Crippen LogP contribution in [0.2, 0.25) is 0 Å². The smallest absolute Gasteiger partial charge is 0.391 e. The van der Waals surface area contributed by atoms with E-state index in [1.165, 1.54) is 0 Å². The Balaban J connectivity index is 3.85. The predicted molar refractivity (Wildman–Crippen MR) is 65.1 cm³/mol. The van der Waals surface area contributed by atoms with Crippen molar-refractivity contribution in [1.82, 2.24) is 5.32 Å². The number of carboxylic acids is 1. The van der Waals surface area contributed by atoms with Crippen LogP contribution in [0.4, 0.5) is 13.2 Å². The van der Waals surface area contributed by atoms with E-state index >= 15 is 0 Å². The summed E-state index contributed by atoms with van der Waals surface area (Å²) in [5, 5.41) is 12.0. The molecule has 1 unspecified atom stereocenters. The van der Waals surface area contributed by atoms with Crippen LogP contribution in [0, 0.1) is 0 Å². The second-order valence-corrected chi connectivity index (χ2v) is 4.65. The van der Waals surface area contributed by atoms with Gasteiger partial charge >= 0.3 is 12.1 Å². The van der Waals surface area contributed by atoms with Crippen molar-refractivity contribution in [3.63, 3.8) is 0 Å². The van der Waals surface area contributed by atoms with Crippen molar-refractivity contribution in [2.75, 3.05) is 19.8 Å².